The number of aliphatic hydroxyl groups is 1. The van der Waals surface area contributed by atoms with Crippen LogP contribution in [0.2, 0.25) is 0 Å². The zero-order chi connectivity index (χ0) is 13.7. The molecule has 2 aromatic rings. The summed E-state index contributed by atoms with van der Waals surface area (Å²) < 4.78 is 7.82. The van der Waals surface area contributed by atoms with E-state index in [2.05, 4.69) is 27.8 Å². The van der Waals surface area contributed by atoms with E-state index in [1.165, 1.54) is 11.1 Å². The molecule has 4 nitrogen and oxygen atoms in total. The van der Waals surface area contributed by atoms with Crippen LogP contribution < -0.4 is 0 Å². The number of benzene rings is 1. The molecule has 1 saturated heterocycles. The molecule has 1 N–H and O–H groups in total. The van der Waals surface area contributed by atoms with Gasteiger partial charge in [-0.15, -0.1) is 0 Å². The molecule has 0 bridgehead atoms. The summed E-state index contributed by atoms with van der Waals surface area (Å²) in [7, 11) is 0. The molecular weight excluding hydrogens is 252 g/mol. The third-order valence-corrected chi connectivity index (χ3v) is 4.75. The van der Waals surface area contributed by atoms with E-state index in [-0.39, 0.29) is 12.0 Å². The number of hydrogen-bond acceptors (Lipinski definition) is 3. The summed E-state index contributed by atoms with van der Waals surface area (Å²) in [5.41, 5.74) is 2.91. The first kappa shape index (κ1) is 12.1. The molecular formula is C16H18N2O2. The molecule has 104 valence electrons. The minimum atomic E-state index is -0.706. The Hall–Kier alpha value is -1.65. The molecule has 4 rings (SSSR count). The fraction of sp³-hybridized carbons (Fsp3) is 0.438. The largest absolute Gasteiger partial charge is 0.390 e. The van der Waals surface area contributed by atoms with Crippen molar-refractivity contribution in [3.05, 3.63) is 42.4 Å². The number of fused-ring (bicyclic) bond motifs is 3. The van der Waals surface area contributed by atoms with Crippen LogP contribution in [0.5, 0.6) is 0 Å². The molecule has 3 heterocycles. The molecule has 4 heteroatoms. The monoisotopic (exact) mass is 270 g/mol. The van der Waals surface area contributed by atoms with Crippen molar-refractivity contribution in [1.29, 1.82) is 0 Å². The van der Waals surface area contributed by atoms with Crippen molar-refractivity contribution in [2.75, 3.05) is 13.2 Å². The predicted molar refractivity (Wildman–Crippen MR) is 75.4 cm³/mol. The fourth-order valence-corrected chi connectivity index (χ4v) is 3.57. The van der Waals surface area contributed by atoms with Gasteiger partial charge in [0.2, 0.25) is 0 Å². The second-order valence-electron chi connectivity index (χ2n) is 6.01. The fourth-order valence-electron chi connectivity index (χ4n) is 3.57. The molecule has 0 aliphatic carbocycles. The van der Waals surface area contributed by atoms with Gasteiger partial charge >= 0.3 is 0 Å². The van der Waals surface area contributed by atoms with E-state index in [0.29, 0.717) is 19.6 Å². The van der Waals surface area contributed by atoms with Gasteiger partial charge in [0.25, 0.3) is 0 Å². The molecule has 0 unspecified atom stereocenters. The second-order valence-corrected chi connectivity index (χ2v) is 6.01. The van der Waals surface area contributed by atoms with Crippen LogP contribution in [0.15, 0.2) is 36.8 Å². The van der Waals surface area contributed by atoms with Crippen LogP contribution in [0, 0.1) is 5.92 Å². The lowest BCUT2D eigenvalue weighted by Gasteiger charge is -2.41. The van der Waals surface area contributed by atoms with Crippen molar-refractivity contribution >= 4 is 0 Å². The molecule has 2 aliphatic heterocycles. The van der Waals surface area contributed by atoms with E-state index in [4.69, 9.17) is 4.74 Å². The quantitative estimate of drug-likeness (QED) is 0.864. The zero-order valence-electron chi connectivity index (χ0n) is 11.5. The maximum atomic E-state index is 10.8. The molecule has 0 amide bonds. The first-order valence-electron chi connectivity index (χ1n) is 7.10. The first-order valence-corrected chi connectivity index (χ1v) is 7.10. The van der Waals surface area contributed by atoms with E-state index in [0.717, 1.165) is 5.69 Å². The lowest BCUT2D eigenvalue weighted by molar-refractivity contribution is -0.112. The van der Waals surface area contributed by atoms with Gasteiger partial charge in [-0.3, -0.25) is 0 Å². The van der Waals surface area contributed by atoms with Gasteiger partial charge in [-0.2, -0.15) is 0 Å². The molecule has 0 saturated carbocycles. The van der Waals surface area contributed by atoms with Crippen molar-refractivity contribution in [3.63, 3.8) is 0 Å². The zero-order valence-corrected chi connectivity index (χ0v) is 11.5. The Morgan fingerprint density at radius 2 is 2.25 bits per heavy atom. The molecule has 3 atom stereocenters. The van der Waals surface area contributed by atoms with Crippen LogP contribution in [0.25, 0.3) is 11.3 Å². The standard InChI is InChI=1S/C16H18N2O2/c1-16(19)6-7-20-9-13(16)15-12-5-3-2-4-11(12)14-8-17-10-18(14)15/h2-5,8,10,13,15,19H,6-7,9H2,1H3/t13-,15+,16+/m0/s1. The lowest BCUT2D eigenvalue weighted by Crippen LogP contribution is -2.46. The van der Waals surface area contributed by atoms with E-state index in [1.807, 2.05) is 25.5 Å². The Morgan fingerprint density at radius 3 is 3.10 bits per heavy atom. The molecule has 1 aromatic heterocycles. The number of imidazole rings is 1. The van der Waals surface area contributed by atoms with Crippen LogP contribution >= 0.6 is 0 Å². The third kappa shape index (κ3) is 1.58. The van der Waals surface area contributed by atoms with Gasteiger partial charge in [-0.1, -0.05) is 24.3 Å². The summed E-state index contributed by atoms with van der Waals surface area (Å²) in [5, 5.41) is 10.8. The summed E-state index contributed by atoms with van der Waals surface area (Å²) in [5.74, 6) is 0.0489. The smallest absolute Gasteiger partial charge is 0.0956 e. The average Bonchev–Trinajstić information content (AvgIpc) is 3.00. The first-order chi connectivity index (χ1) is 9.68. The van der Waals surface area contributed by atoms with Gasteiger partial charge in [0.05, 0.1) is 36.5 Å². The number of aromatic nitrogens is 2. The van der Waals surface area contributed by atoms with E-state index in [1.54, 1.807) is 0 Å². The van der Waals surface area contributed by atoms with Crippen molar-refractivity contribution in [1.82, 2.24) is 9.55 Å². The van der Waals surface area contributed by atoms with Gasteiger partial charge in [0.15, 0.2) is 0 Å². The van der Waals surface area contributed by atoms with Crippen LogP contribution in [-0.2, 0) is 4.74 Å². The lowest BCUT2D eigenvalue weighted by atomic mass is 9.78. The highest BCUT2D eigenvalue weighted by atomic mass is 16.5. The molecule has 2 aliphatic rings. The third-order valence-electron chi connectivity index (χ3n) is 4.75. The van der Waals surface area contributed by atoms with Crippen molar-refractivity contribution < 1.29 is 9.84 Å². The highest BCUT2D eigenvalue weighted by Gasteiger charge is 2.45. The Balaban J connectivity index is 1.86. The molecule has 0 spiro atoms. The van der Waals surface area contributed by atoms with Crippen molar-refractivity contribution in [3.8, 4) is 11.3 Å². The molecule has 20 heavy (non-hydrogen) atoms. The SMILES string of the molecule is C[C@@]1(O)CCOC[C@H]1[C@H]1c2ccccc2-c2cncn21. The van der Waals surface area contributed by atoms with Crippen molar-refractivity contribution in [2.24, 2.45) is 5.92 Å². The van der Waals surface area contributed by atoms with Gasteiger partial charge in [0, 0.05) is 18.1 Å². The molecule has 1 aromatic carbocycles. The number of rotatable bonds is 1. The van der Waals surface area contributed by atoms with Crippen LogP contribution in [0.3, 0.4) is 0 Å². The Labute approximate surface area is 118 Å². The molecule has 1 fully saturated rings. The second kappa shape index (κ2) is 4.17. The maximum Gasteiger partial charge on any atom is 0.0956 e. The average molecular weight is 270 g/mol. The van der Waals surface area contributed by atoms with E-state index < -0.39 is 5.60 Å². The minimum absolute atomic E-state index is 0.0489. The summed E-state index contributed by atoms with van der Waals surface area (Å²) in [4.78, 5) is 4.28. The summed E-state index contributed by atoms with van der Waals surface area (Å²) in [6.45, 7) is 3.15. The normalized spacial score (nSPS) is 31.9. The summed E-state index contributed by atoms with van der Waals surface area (Å²) in [6.07, 6.45) is 4.45. The highest BCUT2D eigenvalue weighted by molar-refractivity contribution is 5.69. The Morgan fingerprint density at radius 1 is 1.40 bits per heavy atom. The van der Waals surface area contributed by atoms with Crippen LogP contribution in [-0.4, -0.2) is 33.5 Å². The minimum Gasteiger partial charge on any atom is -0.390 e. The summed E-state index contributed by atoms with van der Waals surface area (Å²) >= 11 is 0. The van der Waals surface area contributed by atoms with Crippen LogP contribution in [0.1, 0.15) is 24.9 Å². The maximum absolute atomic E-state index is 10.8. The number of nitrogens with zero attached hydrogens (tertiary/aromatic N) is 2. The van der Waals surface area contributed by atoms with E-state index in [9.17, 15) is 5.11 Å². The van der Waals surface area contributed by atoms with E-state index >= 15 is 0 Å². The van der Waals surface area contributed by atoms with Crippen LogP contribution in [0.4, 0.5) is 0 Å². The van der Waals surface area contributed by atoms with Gasteiger partial charge in [0.1, 0.15) is 0 Å². The number of hydrogen-bond donors (Lipinski definition) is 1. The topological polar surface area (TPSA) is 47.3 Å². The Bertz CT molecular complexity index is 647. The highest BCUT2D eigenvalue weighted by Crippen LogP contribution is 2.47. The predicted octanol–water partition coefficient (Wildman–Crippen LogP) is 2.24. The molecule has 0 radical (unpaired) electrons. The van der Waals surface area contributed by atoms with Gasteiger partial charge < -0.3 is 14.4 Å². The number of ether oxygens (including phenoxy) is 1. The Kier molecular flexibility index (Phi) is 2.53. The van der Waals surface area contributed by atoms with Gasteiger partial charge in [-0.05, 0) is 18.9 Å². The summed E-state index contributed by atoms with van der Waals surface area (Å²) in [6, 6.07) is 8.50. The van der Waals surface area contributed by atoms with Gasteiger partial charge in [-0.25, -0.2) is 4.98 Å². The van der Waals surface area contributed by atoms with Crippen molar-refractivity contribution in [2.45, 2.75) is 25.0 Å².